The highest BCUT2D eigenvalue weighted by Gasteiger charge is 2.07. The summed E-state index contributed by atoms with van der Waals surface area (Å²) in [5, 5.41) is 7.29. The van der Waals surface area contributed by atoms with Gasteiger partial charge in [-0.2, -0.15) is 4.98 Å². The van der Waals surface area contributed by atoms with Gasteiger partial charge in [0.1, 0.15) is 12.4 Å². The third kappa shape index (κ3) is 5.32. The van der Waals surface area contributed by atoms with E-state index < -0.39 is 0 Å². The lowest BCUT2D eigenvalue weighted by molar-refractivity contribution is 0.146. The Kier molecular flexibility index (Phi) is 6.01. The van der Waals surface area contributed by atoms with Crippen molar-refractivity contribution in [2.75, 3.05) is 25.6 Å². The molecule has 3 aromatic rings. The number of ether oxygens (including phenoxy) is 2. The maximum Gasteiger partial charge on any atom is 0.245 e. The first-order valence-corrected chi connectivity index (χ1v) is 8.14. The molecular weight excluding hydrogens is 318 g/mol. The summed E-state index contributed by atoms with van der Waals surface area (Å²) in [5.74, 6) is 2.02. The first-order valence-electron chi connectivity index (χ1n) is 8.14. The molecule has 130 valence electrons. The normalized spacial score (nSPS) is 10.6. The number of benzene rings is 2. The zero-order valence-electron chi connectivity index (χ0n) is 14.1. The van der Waals surface area contributed by atoms with Crippen LogP contribution in [-0.2, 0) is 17.7 Å². The van der Waals surface area contributed by atoms with Gasteiger partial charge < -0.3 is 19.3 Å². The molecule has 0 atom stereocenters. The van der Waals surface area contributed by atoms with Gasteiger partial charge in [0.05, 0.1) is 13.2 Å². The van der Waals surface area contributed by atoms with Gasteiger partial charge >= 0.3 is 0 Å². The molecule has 0 fully saturated rings. The lowest BCUT2D eigenvalue weighted by Crippen LogP contribution is -2.05. The molecule has 6 nitrogen and oxygen atoms in total. The zero-order valence-corrected chi connectivity index (χ0v) is 14.1. The third-order valence-electron chi connectivity index (χ3n) is 3.55. The smallest absolute Gasteiger partial charge is 0.245 e. The van der Waals surface area contributed by atoms with Gasteiger partial charge in [0.25, 0.3) is 0 Å². The summed E-state index contributed by atoms with van der Waals surface area (Å²) < 4.78 is 15.9. The molecule has 0 aliphatic heterocycles. The molecule has 25 heavy (non-hydrogen) atoms. The van der Waals surface area contributed by atoms with Crippen molar-refractivity contribution in [3.05, 3.63) is 71.9 Å². The van der Waals surface area contributed by atoms with Crippen LogP contribution in [0, 0.1) is 0 Å². The molecule has 1 aromatic heterocycles. The lowest BCUT2D eigenvalue weighted by atomic mass is 10.1. The van der Waals surface area contributed by atoms with Gasteiger partial charge in [-0.25, -0.2) is 0 Å². The average Bonchev–Trinajstić information content (AvgIpc) is 3.09. The number of hydrogen-bond acceptors (Lipinski definition) is 6. The van der Waals surface area contributed by atoms with Crippen LogP contribution in [0.5, 0.6) is 5.75 Å². The summed E-state index contributed by atoms with van der Waals surface area (Å²) in [7, 11) is 1.65. The third-order valence-corrected chi connectivity index (χ3v) is 3.55. The molecule has 3 rings (SSSR count). The molecule has 0 amide bonds. The monoisotopic (exact) mass is 339 g/mol. The Morgan fingerprint density at radius 2 is 1.92 bits per heavy atom. The van der Waals surface area contributed by atoms with E-state index in [1.165, 1.54) is 0 Å². The number of aromatic nitrogens is 2. The molecule has 0 aliphatic rings. The predicted molar refractivity (Wildman–Crippen MR) is 94.7 cm³/mol. The Hall–Kier alpha value is -2.86. The molecule has 0 saturated heterocycles. The van der Waals surface area contributed by atoms with Crippen LogP contribution < -0.4 is 10.1 Å². The van der Waals surface area contributed by atoms with Crippen molar-refractivity contribution in [1.82, 2.24) is 10.1 Å². The largest absolute Gasteiger partial charge is 0.491 e. The van der Waals surface area contributed by atoms with E-state index in [-0.39, 0.29) is 0 Å². The van der Waals surface area contributed by atoms with Crippen LogP contribution in [0.3, 0.4) is 0 Å². The molecule has 0 spiro atoms. The number of rotatable bonds is 9. The van der Waals surface area contributed by atoms with Crippen molar-refractivity contribution in [2.24, 2.45) is 0 Å². The molecule has 1 N–H and O–H groups in total. The highest BCUT2D eigenvalue weighted by molar-refractivity contribution is 5.48. The first kappa shape index (κ1) is 17.0. The standard InChI is InChI=1S/C19H21N3O3/c1-23-10-11-24-17-9-5-8-16(13-17)20-14-19-21-18(22-25-19)12-15-6-3-2-4-7-15/h2-9,13,20H,10-12,14H2,1H3. The summed E-state index contributed by atoms with van der Waals surface area (Å²) in [6.45, 7) is 1.54. The van der Waals surface area contributed by atoms with E-state index in [1.807, 2.05) is 54.6 Å². The van der Waals surface area contributed by atoms with E-state index >= 15 is 0 Å². The lowest BCUT2D eigenvalue weighted by Gasteiger charge is -2.08. The number of nitrogens with one attached hydrogen (secondary N) is 1. The second kappa shape index (κ2) is 8.84. The Bertz CT molecular complexity index is 774. The highest BCUT2D eigenvalue weighted by Crippen LogP contribution is 2.18. The number of methoxy groups -OCH3 is 1. The molecule has 1 heterocycles. The van der Waals surface area contributed by atoms with Crippen LogP contribution in [0.4, 0.5) is 5.69 Å². The minimum absolute atomic E-state index is 0.462. The van der Waals surface area contributed by atoms with Gasteiger partial charge in [-0.15, -0.1) is 0 Å². The van der Waals surface area contributed by atoms with E-state index in [0.29, 0.717) is 37.9 Å². The van der Waals surface area contributed by atoms with E-state index in [1.54, 1.807) is 7.11 Å². The van der Waals surface area contributed by atoms with E-state index in [0.717, 1.165) is 17.0 Å². The van der Waals surface area contributed by atoms with Crippen molar-refractivity contribution in [2.45, 2.75) is 13.0 Å². The Balaban J connectivity index is 1.53. The molecule has 0 radical (unpaired) electrons. The number of hydrogen-bond donors (Lipinski definition) is 1. The topological polar surface area (TPSA) is 69.4 Å². The van der Waals surface area contributed by atoms with Gasteiger partial charge in [0.15, 0.2) is 5.82 Å². The Labute approximate surface area is 146 Å². The fourth-order valence-electron chi connectivity index (χ4n) is 2.33. The summed E-state index contributed by atoms with van der Waals surface area (Å²) in [6, 6.07) is 17.8. The van der Waals surface area contributed by atoms with Crippen molar-refractivity contribution in [3.63, 3.8) is 0 Å². The fraction of sp³-hybridized carbons (Fsp3) is 0.263. The summed E-state index contributed by atoms with van der Waals surface area (Å²) in [4.78, 5) is 4.42. The number of nitrogens with zero attached hydrogens (tertiary/aromatic N) is 2. The first-order chi connectivity index (χ1) is 12.3. The molecule has 0 aliphatic carbocycles. The second-order valence-electron chi connectivity index (χ2n) is 5.49. The molecule has 6 heteroatoms. The molecule has 2 aromatic carbocycles. The average molecular weight is 339 g/mol. The van der Waals surface area contributed by atoms with Crippen LogP contribution in [-0.4, -0.2) is 30.5 Å². The minimum Gasteiger partial charge on any atom is -0.491 e. The van der Waals surface area contributed by atoms with Crippen LogP contribution in [0.15, 0.2) is 59.1 Å². The molecular formula is C19H21N3O3. The molecule has 0 unspecified atom stereocenters. The maximum atomic E-state index is 5.59. The molecule has 0 bridgehead atoms. The van der Waals surface area contributed by atoms with Gasteiger partial charge in [0.2, 0.25) is 5.89 Å². The van der Waals surface area contributed by atoms with E-state index in [4.69, 9.17) is 14.0 Å². The van der Waals surface area contributed by atoms with Crippen LogP contribution >= 0.6 is 0 Å². The van der Waals surface area contributed by atoms with Gasteiger partial charge in [-0.05, 0) is 17.7 Å². The SMILES string of the molecule is COCCOc1cccc(NCc2nc(Cc3ccccc3)no2)c1. The Morgan fingerprint density at radius 3 is 2.76 bits per heavy atom. The van der Waals surface area contributed by atoms with Gasteiger partial charge in [0, 0.05) is 25.3 Å². The highest BCUT2D eigenvalue weighted by atomic mass is 16.5. The predicted octanol–water partition coefficient (Wildman–Crippen LogP) is 3.30. The van der Waals surface area contributed by atoms with Crippen LogP contribution in [0.25, 0.3) is 0 Å². The molecule has 0 saturated carbocycles. The van der Waals surface area contributed by atoms with Gasteiger partial charge in [-0.3, -0.25) is 0 Å². The second-order valence-corrected chi connectivity index (χ2v) is 5.49. The van der Waals surface area contributed by atoms with Crippen molar-refractivity contribution in [3.8, 4) is 5.75 Å². The van der Waals surface area contributed by atoms with Crippen molar-refractivity contribution in [1.29, 1.82) is 0 Å². The fourth-order valence-corrected chi connectivity index (χ4v) is 2.33. The maximum absolute atomic E-state index is 5.59. The zero-order chi connectivity index (χ0) is 17.3. The van der Waals surface area contributed by atoms with Crippen molar-refractivity contribution < 1.29 is 14.0 Å². The van der Waals surface area contributed by atoms with Crippen LogP contribution in [0.1, 0.15) is 17.3 Å². The summed E-state index contributed by atoms with van der Waals surface area (Å²) >= 11 is 0. The van der Waals surface area contributed by atoms with Crippen LogP contribution in [0.2, 0.25) is 0 Å². The van der Waals surface area contributed by atoms with Crippen molar-refractivity contribution >= 4 is 5.69 Å². The summed E-state index contributed by atoms with van der Waals surface area (Å²) in [6.07, 6.45) is 0.660. The quantitative estimate of drug-likeness (QED) is 0.603. The minimum atomic E-state index is 0.462. The van der Waals surface area contributed by atoms with E-state index in [2.05, 4.69) is 15.5 Å². The number of anilines is 1. The van der Waals surface area contributed by atoms with Gasteiger partial charge in [-0.1, -0.05) is 41.6 Å². The Morgan fingerprint density at radius 1 is 1.04 bits per heavy atom. The summed E-state index contributed by atoms with van der Waals surface area (Å²) in [5.41, 5.74) is 2.08. The van der Waals surface area contributed by atoms with E-state index in [9.17, 15) is 0 Å².